The van der Waals surface area contributed by atoms with Crippen LogP contribution in [-0.4, -0.2) is 6.54 Å². The molecule has 0 aliphatic rings. The number of allylic oxidation sites excluding steroid dienone is 6. The van der Waals surface area contributed by atoms with Gasteiger partial charge in [-0.3, -0.25) is 0 Å². The molecule has 2 aromatic rings. The standard InChI is InChI=1S/C17H25N.C12H16.C6H10S/c1-5-7-12-18-16(6-2)13-15(4)17-11-9-8-10-14(17)3;1-2-3-4-6-9-12-10-7-5-8-11-12;1-4-6(7)5(2)3/h8-11,13,18H,4-7,12H2,1-3H3;5-11H,2-4H2,1H3;4,7H,1H2,2-3H3/b16-13+;9-6+;. The first-order valence-electron chi connectivity index (χ1n) is 13.7. The van der Waals surface area contributed by atoms with E-state index in [2.05, 4.69) is 126 Å². The molecule has 202 valence electrons. The van der Waals surface area contributed by atoms with Crippen molar-refractivity contribution in [2.45, 2.75) is 80.1 Å². The molecular weight excluding hydrogens is 466 g/mol. The number of unbranched alkanes of at least 4 members (excludes halogenated alkanes) is 3. The normalized spacial score (nSPS) is 10.5. The summed E-state index contributed by atoms with van der Waals surface area (Å²) in [6.45, 7) is 21.5. The Hall–Kier alpha value is -2.71. The largest absolute Gasteiger partial charge is 0.388 e. The lowest BCUT2D eigenvalue weighted by molar-refractivity contribution is 0.694. The molecule has 0 unspecified atom stereocenters. The predicted molar refractivity (Wildman–Crippen MR) is 174 cm³/mol. The van der Waals surface area contributed by atoms with Crippen molar-refractivity contribution in [3.05, 3.63) is 119 Å². The number of rotatable bonds is 12. The topological polar surface area (TPSA) is 12.0 Å². The Kier molecular flexibility index (Phi) is 20.8. The molecule has 0 saturated heterocycles. The van der Waals surface area contributed by atoms with Crippen LogP contribution in [0, 0.1) is 6.92 Å². The molecule has 2 rings (SSSR count). The van der Waals surface area contributed by atoms with E-state index in [1.807, 2.05) is 19.9 Å². The van der Waals surface area contributed by atoms with Crippen molar-refractivity contribution < 1.29 is 0 Å². The van der Waals surface area contributed by atoms with Gasteiger partial charge in [0.1, 0.15) is 0 Å². The van der Waals surface area contributed by atoms with Crippen LogP contribution in [0.3, 0.4) is 0 Å². The van der Waals surface area contributed by atoms with Gasteiger partial charge in [-0.25, -0.2) is 0 Å². The van der Waals surface area contributed by atoms with Crippen LogP contribution in [0.1, 0.15) is 89.8 Å². The molecule has 0 bridgehead atoms. The summed E-state index contributed by atoms with van der Waals surface area (Å²) in [5.41, 5.74) is 7.39. The minimum absolute atomic E-state index is 0.972. The zero-order chi connectivity index (χ0) is 27.9. The second-order valence-corrected chi connectivity index (χ2v) is 9.67. The fraction of sp³-hybridized carbons (Fsp3) is 0.371. The Balaban J connectivity index is 0.000000586. The molecule has 0 aromatic heterocycles. The zero-order valence-corrected chi connectivity index (χ0v) is 25.2. The molecule has 0 spiro atoms. The highest BCUT2D eigenvalue weighted by atomic mass is 32.1. The van der Waals surface area contributed by atoms with E-state index in [0.717, 1.165) is 23.4 Å². The minimum atomic E-state index is 0.972. The van der Waals surface area contributed by atoms with E-state index in [1.54, 1.807) is 6.08 Å². The van der Waals surface area contributed by atoms with Crippen LogP contribution >= 0.6 is 12.6 Å². The SMILES string of the molecule is C=C(/C=C(\CC)NCCCC)c1ccccc1C.C=CC(S)=C(C)C.CCCC/C=C/c1ccccc1. The fourth-order valence-corrected chi connectivity index (χ4v) is 3.23. The Morgan fingerprint density at radius 1 is 0.919 bits per heavy atom. The zero-order valence-electron chi connectivity index (χ0n) is 24.3. The number of nitrogens with one attached hydrogen (secondary N) is 1. The number of thiol groups is 1. The van der Waals surface area contributed by atoms with Crippen LogP contribution in [0.4, 0.5) is 0 Å². The van der Waals surface area contributed by atoms with E-state index in [0.29, 0.717) is 0 Å². The van der Waals surface area contributed by atoms with Crippen molar-refractivity contribution in [1.82, 2.24) is 5.32 Å². The quantitative estimate of drug-likeness (QED) is 0.162. The third-order valence-electron chi connectivity index (χ3n) is 5.64. The highest BCUT2D eigenvalue weighted by Crippen LogP contribution is 2.19. The average Bonchev–Trinajstić information content (AvgIpc) is 2.91. The summed E-state index contributed by atoms with van der Waals surface area (Å²) in [7, 11) is 0. The summed E-state index contributed by atoms with van der Waals surface area (Å²) in [6.07, 6.45) is 15.6. The molecule has 2 heteroatoms. The lowest BCUT2D eigenvalue weighted by Gasteiger charge is -2.11. The summed E-state index contributed by atoms with van der Waals surface area (Å²) >= 11 is 4.09. The Morgan fingerprint density at radius 3 is 2.05 bits per heavy atom. The van der Waals surface area contributed by atoms with Gasteiger partial charge in [-0.15, -0.1) is 12.6 Å². The predicted octanol–water partition coefficient (Wildman–Crippen LogP) is 11.0. The molecule has 0 aliphatic carbocycles. The van der Waals surface area contributed by atoms with Crippen molar-refractivity contribution in [2.75, 3.05) is 6.54 Å². The van der Waals surface area contributed by atoms with Crippen LogP contribution in [0.5, 0.6) is 0 Å². The summed E-state index contributed by atoms with van der Waals surface area (Å²) < 4.78 is 0. The van der Waals surface area contributed by atoms with Gasteiger partial charge < -0.3 is 5.32 Å². The van der Waals surface area contributed by atoms with Gasteiger partial charge in [0.25, 0.3) is 0 Å². The van der Waals surface area contributed by atoms with Crippen LogP contribution in [0.15, 0.2) is 102 Å². The number of hydrogen-bond acceptors (Lipinski definition) is 2. The second-order valence-electron chi connectivity index (χ2n) is 9.19. The first-order chi connectivity index (χ1) is 17.8. The molecule has 0 heterocycles. The highest BCUT2D eigenvalue weighted by molar-refractivity contribution is 7.84. The van der Waals surface area contributed by atoms with E-state index in [1.165, 1.54) is 60.1 Å². The van der Waals surface area contributed by atoms with E-state index in [9.17, 15) is 0 Å². The third-order valence-corrected chi connectivity index (χ3v) is 6.27. The summed E-state index contributed by atoms with van der Waals surface area (Å²) in [6, 6.07) is 18.8. The van der Waals surface area contributed by atoms with Crippen LogP contribution in [0.25, 0.3) is 11.6 Å². The molecule has 0 amide bonds. The first-order valence-corrected chi connectivity index (χ1v) is 14.1. The first kappa shape index (κ1) is 34.3. The fourth-order valence-electron chi connectivity index (χ4n) is 3.23. The van der Waals surface area contributed by atoms with Crippen molar-refractivity contribution in [1.29, 1.82) is 0 Å². The summed E-state index contributed by atoms with van der Waals surface area (Å²) in [5.74, 6) is 0. The van der Waals surface area contributed by atoms with Crippen molar-refractivity contribution in [3.63, 3.8) is 0 Å². The minimum Gasteiger partial charge on any atom is -0.388 e. The number of benzene rings is 2. The van der Waals surface area contributed by atoms with Gasteiger partial charge in [0, 0.05) is 17.1 Å². The summed E-state index contributed by atoms with van der Waals surface area (Å²) in [5, 5.41) is 3.49. The molecule has 0 aliphatic heterocycles. The molecule has 0 atom stereocenters. The van der Waals surface area contributed by atoms with Gasteiger partial charge in [-0.1, -0.05) is 132 Å². The molecule has 2 aromatic carbocycles. The van der Waals surface area contributed by atoms with E-state index >= 15 is 0 Å². The van der Waals surface area contributed by atoms with E-state index < -0.39 is 0 Å². The Morgan fingerprint density at radius 2 is 1.54 bits per heavy atom. The van der Waals surface area contributed by atoms with Crippen molar-refractivity contribution in [2.24, 2.45) is 0 Å². The van der Waals surface area contributed by atoms with Gasteiger partial charge in [-0.2, -0.15) is 0 Å². The van der Waals surface area contributed by atoms with Gasteiger partial charge in [0.15, 0.2) is 0 Å². The maximum Gasteiger partial charge on any atom is 0.0143 e. The van der Waals surface area contributed by atoms with E-state index in [-0.39, 0.29) is 0 Å². The Labute approximate surface area is 234 Å². The average molecular weight is 518 g/mol. The molecule has 1 nitrogen and oxygen atoms in total. The molecular formula is C35H51NS. The smallest absolute Gasteiger partial charge is 0.0143 e. The Bertz CT molecular complexity index is 975. The molecule has 1 N–H and O–H groups in total. The number of aryl methyl sites for hydroxylation is 1. The maximum atomic E-state index is 4.19. The third kappa shape index (κ3) is 17.4. The maximum absolute atomic E-state index is 4.19. The van der Waals surface area contributed by atoms with Crippen LogP contribution in [-0.2, 0) is 0 Å². The number of hydrogen-bond donors (Lipinski definition) is 2. The highest BCUT2D eigenvalue weighted by Gasteiger charge is 2.01. The molecule has 0 saturated carbocycles. The second kappa shape index (κ2) is 22.5. The van der Waals surface area contributed by atoms with Crippen LogP contribution in [0.2, 0.25) is 0 Å². The molecule has 0 fully saturated rings. The van der Waals surface area contributed by atoms with Crippen LogP contribution < -0.4 is 5.32 Å². The lowest BCUT2D eigenvalue weighted by Crippen LogP contribution is -2.14. The van der Waals surface area contributed by atoms with Gasteiger partial charge in [0.2, 0.25) is 0 Å². The van der Waals surface area contributed by atoms with Crippen molar-refractivity contribution >= 4 is 24.3 Å². The monoisotopic (exact) mass is 517 g/mol. The molecule has 0 radical (unpaired) electrons. The van der Waals surface area contributed by atoms with Gasteiger partial charge in [0.05, 0.1) is 0 Å². The van der Waals surface area contributed by atoms with E-state index in [4.69, 9.17) is 0 Å². The lowest BCUT2D eigenvalue weighted by atomic mass is 10.0. The molecule has 37 heavy (non-hydrogen) atoms. The van der Waals surface area contributed by atoms with Gasteiger partial charge in [-0.05, 0) is 68.4 Å². The van der Waals surface area contributed by atoms with Crippen molar-refractivity contribution in [3.8, 4) is 0 Å². The summed E-state index contributed by atoms with van der Waals surface area (Å²) in [4.78, 5) is 0.972. The van der Waals surface area contributed by atoms with Gasteiger partial charge >= 0.3 is 0 Å².